The maximum atomic E-state index is 10.0. The highest BCUT2D eigenvalue weighted by molar-refractivity contribution is 6.61. The Bertz CT molecular complexity index is 980. The first-order chi connectivity index (χ1) is 12.7. The third-order valence-electron chi connectivity index (χ3n) is 4.44. The molecule has 0 aliphatic carbocycles. The van der Waals surface area contributed by atoms with Crippen LogP contribution in [-0.2, 0) is 0 Å². The first-order valence-electron chi connectivity index (χ1n) is 8.53. The summed E-state index contributed by atoms with van der Waals surface area (Å²) in [6.45, 7) is 0. The molecule has 26 heavy (non-hydrogen) atoms. The van der Waals surface area contributed by atoms with Crippen molar-refractivity contribution in [3.05, 3.63) is 97.1 Å². The molecule has 126 valence electrons. The number of nitrogens with zero attached hydrogens (tertiary/aromatic N) is 1. The number of benzene rings is 4. The highest BCUT2D eigenvalue weighted by Gasteiger charge is 2.23. The van der Waals surface area contributed by atoms with Crippen molar-refractivity contribution in [2.24, 2.45) is 0 Å². The van der Waals surface area contributed by atoms with Crippen LogP contribution < -0.4 is 10.4 Å². The minimum Gasteiger partial charge on any atom is -0.423 e. The monoisotopic (exact) mass is 339 g/mol. The molecule has 0 aliphatic heterocycles. The maximum absolute atomic E-state index is 10.0. The Balaban J connectivity index is 2.00. The van der Waals surface area contributed by atoms with Crippen molar-refractivity contribution in [3.63, 3.8) is 0 Å². The van der Waals surface area contributed by atoms with Gasteiger partial charge in [0.05, 0.1) is 0 Å². The predicted molar refractivity (Wildman–Crippen MR) is 108 cm³/mol. The lowest BCUT2D eigenvalue weighted by Gasteiger charge is -2.28. The van der Waals surface area contributed by atoms with Crippen molar-refractivity contribution in [3.8, 4) is 0 Å². The van der Waals surface area contributed by atoms with Crippen LogP contribution in [0.2, 0.25) is 0 Å². The van der Waals surface area contributed by atoms with E-state index in [4.69, 9.17) is 0 Å². The van der Waals surface area contributed by atoms with E-state index in [2.05, 4.69) is 0 Å². The van der Waals surface area contributed by atoms with E-state index in [1.54, 1.807) is 0 Å². The second-order valence-electron chi connectivity index (χ2n) is 6.14. The Morgan fingerprint density at radius 1 is 0.577 bits per heavy atom. The van der Waals surface area contributed by atoms with Gasteiger partial charge in [0.2, 0.25) is 0 Å². The molecule has 4 aromatic carbocycles. The van der Waals surface area contributed by atoms with Gasteiger partial charge in [0.1, 0.15) is 0 Å². The van der Waals surface area contributed by atoms with Crippen molar-refractivity contribution >= 4 is 40.4 Å². The van der Waals surface area contributed by atoms with Crippen LogP contribution in [0.15, 0.2) is 97.1 Å². The van der Waals surface area contributed by atoms with Crippen LogP contribution in [0.3, 0.4) is 0 Å². The van der Waals surface area contributed by atoms with Crippen LogP contribution in [0, 0.1) is 0 Å². The lowest BCUT2D eigenvalue weighted by Crippen LogP contribution is -2.34. The molecular weight excluding hydrogens is 321 g/mol. The summed E-state index contributed by atoms with van der Waals surface area (Å²) in [7, 11) is -1.57. The van der Waals surface area contributed by atoms with Crippen molar-refractivity contribution in [2.45, 2.75) is 0 Å². The fourth-order valence-electron chi connectivity index (χ4n) is 3.23. The van der Waals surface area contributed by atoms with Crippen molar-refractivity contribution in [1.29, 1.82) is 0 Å². The molecule has 4 aromatic rings. The largest absolute Gasteiger partial charge is 0.490 e. The highest BCUT2D eigenvalue weighted by atomic mass is 16.4. The highest BCUT2D eigenvalue weighted by Crippen LogP contribution is 2.34. The molecule has 0 unspecified atom stereocenters. The lowest BCUT2D eigenvalue weighted by molar-refractivity contribution is 0.426. The molecule has 0 amide bonds. The second kappa shape index (κ2) is 7.04. The Morgan fingerprint density at radius 3 is 1.54 bits per heavy atom. The fourth-order valence-corrected chi connectivity index (χ4v) is 3.23. The predicted octanol–water partition coefficient (Wildman–Crippen LogP) is 3.99. The van der Waals surface area contributed by atoms with E-state index >= 15 is 0 Å². The minimum absolute atomic E-state index is 0.469. The molecule has 0 saturated carbocycles. The third kappa shape index (κ3) is 3.08. The van der Waals surface area contributed by atoms with Crippen LogP contribution in [0.4, 0.5) is 17.1 Å². The molecule has 0 heterocycles. The first-order valence-corrected chi connectivity index (χ1v) is 8.53. The van der Waals surface area contributed by atoms with Gasteiger partial charge in [0, 0.05) is 22.5 Å². The van der Waals surface area contributed by atoms with E-state index in [9.17, 15) is 10.0 Å². The molecule has 2 N–H and O–H groups in total. The van der Waals surface area contributed by atoms with Gasteiger partial charge in [-0.3, -0.25) is 0 Å². The summed E-state index contributed by atoms with van der Waals surface area (Å²) >= 11 is 0. The molecule has 4 rings (SSSR count). The second-order valence-corrected chi connectivity index (χ2v) is 6.14. The molecule has 0 spiro atoms. The van der Waals surface area contributed by atoms with Gasteiger partial charge in [-0.2, -0.15) is 0 Å². The molecule has 0 atom stereocenters. The molecule has 4 heteroatoms. The van der Waals surface area contributed by atoms with Crippen LogP contribution >= 0.6 is 0 Å². The van der Waals surface area contributed by atoms with E-state index in [0.29, 0.717) is 5.46 Å². The SMILES string of the molecule is OB(O)c1cc2ccccc2cc1N(c1ccccc1)c1ccccc1. The molecule has 0 radical (unpaired) electrons. The van der Waals surface area contributed by atoms with Crippen molar-refractivity contribution in [2.75, 3.05) is 4.90 Å². The van der Waals surface area contributed by atoms with E-state index in [1.165, 1.54) is 0 Å². The molecule has 0 bridgehead atoms. The summed E-state index contributed by atoms with van der Waals surface area (Å²) < 4.78 is 0. The van der Waals surface area contributed by atoms with Gasteiger partial charge in [-0.1, -0.05) is 66.7 Å². The zero-order chi connectivity index (χ0) is 17.9. The zero-order valence-electron chi connectivity index (χ0n) is 14.2. The van der Waals surface area contributed by atoms with E-state index < -0.39 is 7.12 Å². The van der Waals surface area contributed by atoms with Crippen LogP contribution in [-0.4, -0.2) is 17.2 Å². The van der Waals surface area contributed by atoms with Gasteiger partial charge in [-0.15, -0.1) is 0 Å². The minimum atomic E-state index is -1.57. The third-order valence-corrected chi connectivity index (χ3v) is 4.44. The molecular formula is C22H18BNO2. The number of para-hydroxylation sites is 2. The Hall–Kier alpha value is -3.08. The number of hydrogen-bond acceptors (Lipinski definition) is 3. The Kier molecular flexibility index (Phi) is 4.44. The van der Waals surface area contributed by atoms with Crippen molar-refractivity contribution in [1.82, 2.24) is 0 Å². The molecule has 0 saturated heterocycles. The summed E-state index contributed by atoms with van der Waals surface area (Å²) in [6.07, 6.45) is 0. The smallest absolute Gasteiger partial charge is 0.423 e. The number of rotatable bonds is 4. The van der Waals surface area contributed by atoms with Crippen LogP contribution in [0.1, 0.15) is 0 Å². The molecule has 0 fully saturated rings. The van der Waals surface area contributed by atoms with Crippen molar-refractivity contribution < 1.29 is 10.0 Å². The average Bonchev–Trinajstić information content (AvgIpc) is 2.69. The van der Waals surface area contributed by atoms with Gasteiger partial charge in [-0.25, -0.2) is 0 Å². The maximum Gasteiger partial charge on any atom is 0.490 e. The van der Waals surface area contributed by atoms with E-state index in [0.717, 1.165) is 27.8 Å². The molecule has 0 aliphatic rings. The van der Waals surface area contributed by atoms with Crippen LogP contribution in [0.5, 0.6) is 0 Å². The van der Waals surface area contributed by atoms with Gasteiger partial charge >= 0.3 is 7.12 Å². The normalized spacial score (nSPS) is 10.7. The summed E-state index contributed by atoms with van der Waals surface area (Å²) in [5.74, 6) is 0. The van der Waals surface area contributed by atoms with Gasteiger partial charge < -0.3 is 14.9 Å². The average molecular weight is 339 g/mol. The fraction of sp³-hybridized carbons (Fsp3) is 0. The van der Waals surface area contributed by atoms with Gasteiger partial charge in [0.25, 0.3) is 0 Å². The number of hydrogen-bond donors (Lipinski definition) is 2. The standard InChI is InChI=1S/C22H18BNO2/c25-23(26)21-15-17-9-7-8-10-18(17)16-22(21)24(19-11-3-1-4-12-19)20-13-5-2-6-14-20/h1-16,25-26H. The van der Waals surface area contributed by atoms with E-state index in [-0.39, 0.29) is 0 Å². The lowest BCUT2D eigenvalue weighted by atomic mass is 9.77. The summed E-state index contributed by atoms with van der Waals surface area (Å²) in [5, 5.41) is 22.1. The van der Waals surface area contributed by atoms with Crippen LogP contribution in [0.25, 0.3) is 10.8 Å². The summed E-state index contributed by atoms with van der Waals surface area (Å²) in [4.78, 5) is 2.04. The molecule has 3 nitrogen and oxygen atoms in total. The Morgan fingerprint density at radius 2 is 1.04 bits per heavy atom. The summed E-state index contributed by atoms with van der Waals surface area (Å²) in [5.41, 5.74) is 3.12. The van der Waals surface area contributed by atoms with Gasteiger partial charge in [-0.05, 0) is 41.1 Å². The molecule has 0 aromatic heterocycles. The Labute approximate surface area is 152 Å². The topological polar surface area (TPSA) is 43.7 Å². The summed E-state index contributed by atoms with van der Waals surface area (Å²) in [6, 6.07) is 31.6. The number of fused-ring (bicyclic) bond motifs is 1. The van der Waals surface area contributed by atoms with Gasteiger partial charge in [0.15, 0.2) is 0 Å². The van der Waals surface area contributed by atoms with E-state index in [1.807, 2.05) is 102 Å². The first kappa shape index (κ1) is 16.4. The quantitative estimate of drug-likeness (QED) is 0.553. The zero-order valence-corrected chi connectivity index (χ0v) is 14.2. The number of anilines is 3.